The zero-order valence-corrected chi connectivity index (χ0v) is 12.9. The van der Waals surface area contributed by atoms with Crippen molar-refractivity contribution in [1.29, 1.82) is 5.41 Å². The molecule has 110 valence electrons. The van der Waals surface area contributed by atoms with E-state index in [1.165, 1.54) is 12.1 Å². The summed E-state index contributed by atoms with van der Waals surface area (Å²) in [4.78, 5) is 2.35. The molecule has 0 bridgehead atoms. The van der Waals surface area contributed by atoms with E-state index >= 15 is 0 Å². The lowest BCUT2D eigenvalue weighted by atomic mass is 10.1. The van der Waals surface area contributed by atoms with Crippen molar-refractivity contribution in [2.45, 2.75) is 31.6 Å². The summed E-state index contributed by atoms with van der Waals surface area (Å²) in [6.45, 7) is 7.30. The van der Waals surface area contributed by atoms with E-state index in [4.69, 9.17) is 11.1 Å². The van der Waals surface area contributed by atoms with Gasteiger partial charge in [-0.2, -0.15) is 11.8 Å². The fourth-order valence-corrected chi connectivity index (χ4v) is 3.51. The van der Waals surface area contributed by atoms with Crippen molar-refractivity contribution in [1.82, 2.24) is 4.90 Å². The molecular formula is C15H22FN3S. The molecule has 0 radical (unpaired) electrons. The van der Waals surface area contributed by atoms with Gasteiger partial charge in [0.1, 0.15) is 11.7 Å². The van der Waals surface area contributed by atoms with Gasteiger partial charge in [0, 0.05) is 29.2 Å². The number of rotatable bonds is 3. The molecule has 1 saturated heterocycles. The molecular weight excluding hydrogens is 273 g/mol. The Morgan fingerprint density at radius 2 is 2.15 bits per heavy atom. The Balaban J connectivity index is 2.08. The number of benzene rings is 1. The number of nitrogens with one attached hydrogen (secondary N) is 1. The highest BCUT2D eigenvalue weighted by Gasteiger charge is 2.23. The number of nitrogens with two attached hydrogens (primary N) is 1. The first-order chi connectivity index (χ1) is 9.35. The molecule has 1 aliphatic heterocycles. The van der Waals surface area contributed by atoms with Crippen molar-refractivity contribution in [3.63, 3.8) is 0 Å². The van der Waals surface area contributed by atoms with Gasteiger partial charge in [0.2, 0.25) is 0 Å². The quantitative estimate of drug-likeness (QED) is 0.666. The number of nitrogens with zero attached hydrogens (tertiary/aromatic N) is 1. The van der Waals surface area contributed by atoms with Crippen molar-refractivity contribution < 1.29 is 4.39 Å². The summed E-state index contributed by atoms with van der Waals surface area (Å²) in [5.74, 6) is 0.692. The Kier molecular flexibility index (Phi) is 4.70. The third kappa shape index (κ3) is 4.21. The minimum absolute atomic E-state index is 0.0849. The van der Waals surface area contributed by atoms with E-state index in [0.29, 0.717) is 16.9 Å². The first kappa shape index (κ1) is 15.3. The van der Waals surface area contributed by atoms with Crippen molar-refractivity contribution in [3.8, 4) is 0 Å². The highest BCUT2D eigenvalue weighted by atomic mass is 32.2. The average Bonchev–Trinajstić information content (AvgIpc) is 2.50. The van der Waals surface area contributed by atoms with Crippen molar-refractivity contribution in [2.75, 3.05) is 18.8 Å². The maximum Gasteiger partial charge on any atom is 0.124 e. The van der Waals surface area contributed by atoms with Crippen molar-refractivity contribution in [2.24, 2.45) is 5.73 Å². The summed E-state index contributed by atoms with van der Waals surface area (Å²) in [7, 11) is 0. The van der Waals surface area contributed by atoms with Gasteiger partial charge in [-0.1, -0.05) is 13.8 Å². The molecule has 0 aromatic heterocycles. The van der Waals surface area contributed by atoms with E-state index < -0.39 is 0 Å². The summed E-state index contributed by atoms with van der Waals surface area (Å²) in [5.41, 5.74) is 6.80. The van der Waals surface area contributed by atoms with E-state index in [-0.39, 0.29) is 11.7 Å². The predicted molar refractivity (Wildman–Crippen MR) is 83.8 cm³/mol. The third-order valence-corrected chi connectivity index (χ3v) is 4.98. The first-order valence-corrected chi connectivity index (χ1v) is 7.84. The molecule has 20 heavy (non-hydrogen) atoms. The fourth-order valence-electron chi connectivity index (χ4n) is 2.38. The highest BCUT2D eigenvalue weighted by molar-refractivity contribution is 8.00. The molecule has 5 heteroatoms. The molecule has 0 aliphatic carbocycles. The SMILES string of the molecule is CC1(C)CCN(Cc2cc(F)cc(C(=N)N)c2)CCS1. The van der Waals surface area contributed by atoms with Crippen LogP contribution in [-0.2, 0) is 6.54 Å². The minimum Gasteiger partial charge on any atom is -0.384 e. The standard InChI is InChI=1S/C15H22FN3S/c1-15(2)3-4-19(5-6-20-15)10-11-7-12(14(17)18)9-13(16)8-11/h7-9H,3-6,10H2,1-2H3,(H3,17,18). The molecule has 2 rings (SSSR count). The Morgan fingerprint density at radius 3 is 2.85 bits per heavy atom. The van der Waals surface area contributed by atoms with Crippen LogP contribution < -0.4 is 5.73 Å². The van der Waals surface area contributed by atoms with Crippen LogP contribution in [-0.4, -0.2) is 34.3 Å². The predicted octanol–water partition coefficient (Wildman–Crippen LogP) is 2.83. The number of nitrogen functional groups attached to an aromatic ring is 1. The summed E-state index contributed by atoms with van der Waals surface area (Å²) in [5, 5.41) is 7.43. The minimum atomic E-state index is -0.322. The van der Waals surface area contributed by atoms with E-state index in [2.05, 4.69) is 18.7 Å². The summed E-state index contributed by atoms with van der Waals surface area (Å²) >= 11 is 2.00. The van der Waals surface area contributed by atoms with Gasteiger partial charge in [0.25, 0.3) is 0 Å². The lowest BCUT2D eigenvalue weighted by Crippen LogP contribution is -2.27. The fraction of sp³-hybridized carbons (Fsp3) is 0.533. The van der Waals surface area contributed by atoms with Crippen LogP contribution in [0.5, 0.6) is 0 Å². The van der Waals surface area contributed by atoms with Gasteiger partial charge in [0.05, 0.1) is 0 Å². The van der Waals surface area contributed by atoms with Crippen LogP contribution in [0.1, 0.15) is 31.4 Å². The lowest BCUT2D eigenvalue weighted by molar-refractivity contribution is 0.276. The number of hydrogen-bond donors (Lipinski definition) is 2. The second-order valence-corrected chi connectivity index (χ2v) is 7.70. The van der Waals surface area contributed by atoms with Gasteiger partial charge in [-0.05, 0) is 36.7 Å². The average molecular weight is 295 g/mol. The molecule has 0 spiro atoms. The van der Waals surface area contributed by atoms with E-state index in [0.717, 1.165) is 30.8 Å². The molecule has 1 aromatic carbocycles. The zero-order chi connectivity index (χ0) is 14.8. The smallest absolute Gasteiger partial charge is 0.124 e. The van der Waals surface area contributed by atoms with Crippen molar-refractivity contribution in [3.05, 3.63) is 35.1 Å². The first-order valence-electron chi connectivity index (χ1n) is 6.86. The van der Waals surface area contributed by atoms with Crippen molar-refractivity contribution >= 4 is 17.6 Å². The molecule has 3 nitrogen and oxygen atoms in total. The van der Waals surface area contributed by atoms with Gasteiger partial charge in [-0.25, -0.2) is 4.39 Å². The molecule has 1 aromatic rings. The van der Waals surface area contributed by atoms with E-state index in [1.807, 2.05) is 17.8 Å². The lowest BCUT2D eigenvalue weighted by Gasteiger charge is -2.22. The van der Waals surface area contributed by atoms with Crippen LogP contribution in [0.25, 0.3) is 0 Å². The van der Waals surface area contributed by atoms with Gasteiger partial charge in [-0.3, -0.25) is 10.3 Å². The van der Waals surface area contributed by atoms with Crippen LogP contribution in [0.4, 0.5) is 4.39 Å². The molecule has 1 heterocycles. The van der Waals surface area contributed by atoms with E-state index in [9.17, 15) is 4.39 Å². The number of hydrogen-bond acceptors (Lipinski definition) is 3. The normalized spacial score (nSPS) is 19.6. The topological polar surface area (TPSA) is 53.1 Å². The summed E-state index contributed by atoms with van der Waals surface area (Å²) < 4.78 is 13.9. The summed E-state index contributed by atoms with van der Waals surface area (Å²) in [6, 6.07) is 4.66. The maximum absolute atomic E-state index is 13.6. The molecule has 0 amide bonds. The molecule has 0 unspecified atom stereocenters. The second kappa shape index (κ2) is 6.14. The van der Waals surface area contributed by atoms with Gasteiger partial charge in [0.15, 0.2) is 0 Å². The zero-order valence-electron chi connectivity index (χ0n) is 12.1. The Hall–Kier alpha value is -1.07. The molecule has 3 N–H and O–H groups in total. The number of amidine groups is 1. The monoisotopic (exact) mass is 295 g/mol. The second-order valence-electron chi connectivity index (χ2n) is 5.90. The molecule has 0 atom stereocenters. The Labute approximate surface area is 124 Å². The molecule has 1 fully saturated rings. The number of halogens is 1. The Morgan fingerprint density at radius 1 is 1.40 bits per heavy atom. The third-order valence-electron chi connectivity index (χ3n) is 3.61. The van der Waals surface area contributed by atoms with Crippen LogP contribution in [0.3, 0.4) is 0 Å². The van der Waals surface area contributed by atoms with Crippen LogP contribution >= 0.6 is 11.8 Å². The summed E-state index contributed by atoms with van der Waals surface area (Å²) in [6.07, 6.45) is 1.13. The molecule has 1 aliphatic rings. The van der Waals surface area contributed by atoms with Gasteiger partial charge >= 0.3 is 0 Å². The molecule has 0 saturated carbocycles. The van der Waals surface area contributed by atoms with Gasteiger partial charge < -0.3 is 5.73 Å². The van der Waals surface area contributed by atoms with E-state index in [1.54, 1.807) is 0 Å². The largest absolute Gasteiger partial charge is 0.384 e. The van der Waals surface area contributed by atoms with Crippen LogP contribution in [0, 0.1) is 11.2 Å². The highest BCUT2D eigenvalue weighted by Crippen LogP contribution is 2.31. The van der Waals surface area contributed by atoms with Gasteiger partial charge in [-0.15, -0.1) is 0 Å². The Bertz CT molecular complexity index is 502. The van der Waals surface area contributed by atoms with Crippen LogP contribution in [0.2, 0.25) is 0 Å². The maximum atomic E-state index is 13.6. The number of thioether (sulfide) groups is 1. The van der Waals surface area contributed by atoms with Crippen LogP contribution in [0.15, 0.2) is 18.2 Å².